The minimum absolute atomic E-state index is 0. The van der Waals surface area contributed by atoms with Gasteiger partial charge in [-0.2, -0.15) is 0 Å². The fourth-order valence-corrected chi connectivity index (χ4v) is 3.31. The van der Waals surface area contributed by atoms with E-state index in [-0.39, 0.29) is 30.7 Å². The molecule has 2 rings (SSSR count). The highest BCUT2D eigenvalue weighted by Crippen LogP contribution is 2.24. The Bertz CT molecular complexity index is 422. The molecule has 1 aliphatic heterocycles. The zero-order valence-corrected chi connectivity index (χ0v) is 15.0. The molecule has 1 aromatic rings. The molecule has 1 aromatic heterocycles. The SMILES string of the molecule is Cc1csc(CNC(=O)CC(C)C2CCNCC2)n1.Cl.Cl. The number of carbonyl (C=O) groups excluding carboxylic acids is 1. The van der Waals surface area contributed by atoms with Crippen LogP contribution in [-0.4, -0.2) is 24.0 Å². The second kappa shape index (κ2) is 10.4. The van der Waals surface area contributed by atoms with Crippen LogP contribution in [0.25, 0.3) is 0 Å². The Morgan fingerprint density at radius 1 is 1.48 bits per heavy atom. The first-order valence-electron chi connectivity index (χ1n) is 7.03. The van der Waals surface area contributed by atoms with Crippen LogP contribution in [0.3, 0.4) is 0 Å². The molecular weight excluding hydrogens is 329 g/mol. The van der Waals surface area contributed by atoms with Crippen molar-refractivity contribution in [1.82, 2.24) is 15.6 Å². The summed E-state index contributed by atoms with van der Waals surface area (Å²) in [6.07, 6.45) is 3.02. The molecule has 2 N–H and O–H groups in total. The fourth-order valence-electron chi connectivity index (χ4n) is 2.60. The van der Waals surface area contributed by atoms with Crippen LogP contribution in [0.5, 0.6) is 0 Å². The Morgan fingerprint density at radius 2 is 2.14 bits per heavy atom. The normalized spacial score (nSPS) is 16.5. The van der Waals surface area contributed by atoms with E-state index in [0.717, 1.165) is 23.8 Å². The molecule has 1 fully saturated rings. The topological polar surface area (TPSA) is 54.0 Å². The maximum Gasteiger partial charge on any atom is 0.220 e. The lowest BCUT2D eigenvalue weighted by molar-refractivity contribution is -0.122. The van der Waals surface area contributed by atoms with Crippen molar-refractivity contribution in [2.75, 3.05) is 13.1 Å². The lowest BCUT2D eigenvalue weighted by atomic mass is 9.84. The number of piperidine rings is 1. The molecule has 1 unspecified atom stereocenters. The molecule has 0 spiro atoms. The standard InChI is InChI=1S/C14H23N3OS.2ClH/c1-10(12-3-5-15-6-4-12)7-13(18)16-8-14-17-11(2)9-19-14;;/h9-10,12,15H,3-8H2,1-2H3,(H,16,18);2*1H. The van der Waals surface area contributed by atoms with Crippen LogP contribution < -0.4 is 10.6 Å². The summed E-state index contributed by atoms with van der Waals surface area (Å²) < 4.78 is 0. The quantitative estimate of drug-likeness (QED) is 0.855. The molecule has 0 saturated carbocycles. The molecule has 0 bridgehead atoms. The number of nitrogens with one attached hydrogen (secondary N) is 2. The smallest absolute Gasteiger partial charge is 0.220 e. The van der Waals surface area contributed by atoms with Crippen LogP contribution in [0, 0.1) is 18.8 Å². The highest BCUT2D eigenvalue weighted by molar-refractivity contribution is 7.09. The van der Waals surface area contributed by atoms with Crippen molar-refractivity contribution in [2.24, 2.45) is 11.8 Å². The van der Waals surface area contributed by atoms with Gasteiger partial charge in [-0.05, 0) is 44.7 Å². The van der Waals surface area contributed by atoms with Crippen molar-refractivity contribution in [3.8, 4) is 0 Å². The number of aryl methyl sites for hydroxylation is 1. The number of hydrogen-bond donors (Lipinski definition) is 2. The minimum Gasteiger partial charge on any atom is -0.350 e. The van der Waals surface area contributed by atoms with Gasteiger partial charge in [0, 0.05) is 17.5 Å². The van der Waals surface area contributed by atoms with Gasteiger partial charge >= 0.3 is 0 Å². The maximum atomic E-state index is 11.9. The van der Waals surface area contributed by atoms with E-state index in [2.05, 4.69) is 22.5 Å². The lowest BCUT2D eigenvalue weighted by Gasteiger charge is -2.27. The maximum absolute atomic E-state index is 11.9. The van der Waals surface area contributed by atoms with Crippen LogP contribution in [0.15, 0.2) is 5.38 Å². The first kappa shape index (κ1) is 20.6. The summed E-state index contributed by atoms with van der Waals surface area (Å²) in [7, 11) is 0. The highest BCUT2D eigenvalue weighted by Gasteiger charge is 2.21. The third-order valence-electron chi connectivity index (χ3n) is 3.80. The first-order chi connectivity index (χ1) is 9.15. The Labute approximate surface area is 143 Å². The van der Waals surface area contributed by atoms with E-state index in [9.17, 15) is 4.79 Å². The van der Waals surface area contributed by atoms with E-state index in [4.69, 9.17) is 0 Å². The second-order valence-electron chi connectivity index (χ2n) is 5.43. The van der Waals surface area contributed by atoms with Gasteiger partial charge in [0.05, 0.1) is 6.54 Å². The number of carbonyl (C=O) groups is 1. The summed E-state index contributed by atoms with van der Waals surface area (Å²) in [6.45, 7) is 6.92. The third kappa shape index (κ3) is 6.96. The summed E-state index contributed by atoms with van der Waals surface area (Å²) in [4.78, 5) is 16.3. The van der Waals surface area contributed by atoms with Crippen LogP contribution in [0.4, 0.5) is 0 Å². The van der Waals surface area contributed by atoms with Gasteiger partial charge in [-0.25, -0.2) is 4.98 Å². The number of thiazole rings is 1. The molecular formula is C14H25Cl2N3OS. The molecule has 0 radical (unpaired) electrons. The number of aromatic nitrogens is 1. The number of halogens is 2. The van der Waals surface area contributed by atoms with E-state index in [1.165, 1.54) is 12.8 Å². The highest BCUT2D eigenvalue weighted by atomic mass is 35.5. The largest absolute Gasteiger partial charge is 0.350 e. The summed E-state index contributed by atoms with van der Waals surface area (Å²) in [5.74, 6) is 1.31. The summed E-state index contributed by atoms with van der Waals surface area (Å²) in [5.41, 5.74) is 1.03. The molecule has 2 heterocycles. The van der Waals surface area contributed by atoms with Gasteiger partial charge in [0.2, 0.25) is 5.91 Å². The van der Waals surface area contributed by atoms with Gasteiger partial charge in [0.1, 0.15) is 5.01 Å². The van der Waals surface area contributed by atoms with E-state index >= 15 is 0 Å². The van der Waals surface area contributed by atoms with Crippen LogP contribution >= 0.6 is 36.2 Å². The summed E-state index contributed by atoms with van der Waals surface area (Å²) >= 11 is 1.60. The molecule has 21 heavy (non-hydrogen) atoms. The monoisotopic (exact) mass is 353 g/mol. The van der Waals surface area contributed by atoms with Crippen molar-refractivity contribution in [3.63, 3.8) is 0 Å². The van der Waals surface area contributed by atoms with Crippen molar-refractivity contribution >= 4 is 42.1 Å². The van der Waals surface area contributed by atoms with Crippen molar-refractivity contribution in [3.05, 3.63) is 16.1 Å². The Hall–Kier alpha value is -0.360. The molecule has 7 heteroatoms. The Morgan fingerprint density at radius 3 is 2.71 bits per heavy atom. The van der Waals surface area contributed by atoms with Gasteiger partial charge in [-0.15, -0.1) is 36.2 Å². The summed E-state index contributed by atoms with van der Waals surface area (Å²) in [5, 5.41) is 9.34. The van der Waals surface area contributed by atoms with E-state index in [1.54, 1.807) is 11.3 Å². The molecule has 1 saturated heterocycles. The van der Waals surface area contributed by atoms with Crippen LogP contribution in [0.2, 0.25) is 0 Å². The molecule has 122 valence electrons. The van der Waals surface area contributed by atoms with E-state index in [0.29, 0.717) is 24.8 Å². The lowest BCUT2D eigenvalue weighted by Crippen LogP contribution is -2.33. The molecule has 1 amide bonds. The first-order valence-corrected chi connectivity index (χ1v) is 7.91. The van der Waals surface area contributed by atoms with Crippen molar-refractivity contribution in [1.29, 1.82) is 0 Å². The molecule has 0 aromatic carbocycles. The van der Waals surface area contributed by atoms with E-state index < -0.39 is 0 Å². The van der Waals surface area contributed by atoms with Gasteiger partial charge < -0.3 is 10.6 Å². The van der Waals surface area contributed by atoms with Crippen molar-refractivity contribution < 1.29 is 4.79 Å². The second-order valence-corrected chi connectivity index (χ2v) is 6.37. The van der Waals surface area contributed by atoms with Crippen LogP contribution in [0.1, 0.15) is 36.9 Å². The van der Waals surface area contributed by atoms with Gasteiger partial charge in [0.15, 0.2) is 0 Å². The molecule has 1 atom stereocenters. The number of hydrogen-bond acceptors (Lipinski definition) is 4. The van der Waals surface area contributed by atoms with E-state index in [1.807, 2.05) is 12.3 Å². The van der Waals surface area contributed by atoms with Gasteiger partial charge in [-0.1, -0.05) is 6.92 Å². The predicted molar refractivity (Wildman–Crippen MR) is 92.6 cm³/mol. The number of amides is 1. The minimum atomic E-state index is 0. The Balaban J connectivity index is 0.00000200. The predicted octanol–water partition coefficient (Wildman–Crippen LogP) is 2.94. The fraction of sp³-hybridized carbons (Fsp3) is 0.714. The average Bonchev–Trinajstić information content (AvgIpc) is 2.83. The molecule has 1 aliphatic rings. The Kier molecular flexibility index (Phi) is 10.2. The number of nitrogens with zero attached hydrogens (tertiary/aromatic N) is 1. The third-order valence-corrected chi connectivity index (χ3v) is 4.77. The zero-order valence-electron chi connectivity index (χ0n) is 12.6. The summed E-state index contributed by atoms with van der Waals surface area (Å²) in [6, 6.07) is 0. The molecule has 0 aliphatic carbocycles. The zero-order chi connectivity index (χ0) is 13.7. The van der Waals surface area contributed by atoms with Crippen LogP contribution in [-0.2, 0) is 11.3 Å². The average molecular weight is 354 g/mol. The number of rotatable bonds is 5. The van der Waals surface area contributed by atoms with Gasteiger partial charge in [0.25, 0.3) is 0 Å². The van der Waals surface area contributed by atoms with Crippen molar-refractivity contribution in [2.45, 2.75) is 39.7 Å². The molecule has 4 nitrogen and oxygen atoms in total. The van der Waals surface area contributed by atoms with Gasteiger partial charge in [-0.3, -0.25) is 4.79 Å².